The standard InChI is InChI=1S/C22H36O4/c1-12(20(25)26)16-6-7-17-15-5-4-13-10-14(23)8-9-21(13,2)18(15)11-19(24)22(16,17)3/h12-19,23-24H,4-11H2,1-3H3,(H,25,26)/t12-,13+,14+,15-,16-,17+,18+,19-,21-,22+/m0/s1. The van der Waals surface area contributed by atoms with E-state index in [2.05, 4.69) is 13.8 Å². The van der Waals surface area contributed by atoms with Gasteiger partial charge in [-0.25, -0.2) is 0 Å². The van der Waals surface area contributed by atoms with Crippen LogP contribution in [0, 0.1) is 46.3 Å². The van der Waals surface area contributed by atoms with Crippen LogP contribution >= 0.6 is 0 Å². The summed E-state index contributed by atoms with van der Waals surface area (Å²) in [6.45, 7) is 6.44. The zero-order valence-corrected chi connectivity index (χ0v) is 16.5. The molecule has 26 heavy (non-hydrogen) atoms. The predicted molar refractivity (Wildman–Crippen MR) is 99.4 cm³/mol. The maximum atomic E-state index is 11.7. The lowest BCUT2D eigenvalue weighted by molar-refractivity contribution is -0.178. The van der Waals surface area contributed by atoms with E-state index in [0.29, 0.717) is 23.7 Å². The van der Waals surface area contributed by atoms with Crippen LogP contribution in [0.2, 0.25) is 0 Å². The summed E-state index contributed by atoms with van der Waals surface area (Å²) in [7, 11) is 0. The van der Waals surface area contributed by atoms with Crippen molar-refractivity contribution in [1.29, 1.82) is 0 Å². The number of aliphatic hydroxyl groups excluding tert-OH is 2. The second kappa shape index (κ2) is 6.20. The Morgan fingerprint density at radius 3 is 2.42 bits per heavy atom. The van der Waals surface area contributed by atoms with Gasteiger partial charge in [-0.3, -0.25) is 4.79 Å². The lowest BCUT2D eigenvalue weighted by Crippen LogP contribution is -2.59. The third-order valence-corrected chi connectivity index (χ3v) is 9.81. The topological polar surface area (TPSA) is 77.8 Å². The molecule has 0 amide bonds. The first-order chi connectivity index (χ1) is 12.2. The Morgan fingerprint density at radius 2 is 1.73 bits per heavy atom. The smallest absolute Gasteiger partial charge is 0.306 e. The highest BCUT2D eigenvalue weighted by atomic mass is 16.4. The minimum atomic E-state index is -0.719. The lowest BCUT2D eigenvalue weighted by atomic mass is 9.43. The highest BCUT2D eigenvalue weighted by molar-refractivity contribution is 5.70. The van der Waals surface area contributed by atoms with Crippen molar-refractivity contribution in [3.63, 3.8) is 0 Å². The van der Waals surface area contributed by atoms with Gasteiger partial charge in [-0.2, -0.15) is 0 Å². The van der Waals surface area contributed by atoms with Gasteiger partial charge in [-0.15, -0.1) is 0 Å². The Morgan fingerprint density at radius 1 is 1.00 bits per heavy atom. The summed E-state index contributed by atoms with van der Waals surface area (Å²) >= 11 is 0. The van der Waals surface area contributed by atoms with Crippen LogP contribution in [0.3, 0.4) is 0 Å². The van der Waals surface area contributed by atoms with Crippen LogP contribution in [0.1, 0.15) is 72.1 Å². The molecule has 0 aromatic rings. The molecule has 3 N–H and O–H groups in total. The molecule has 4 aliphatic carbocycles. The third-order valence-electron chi connectivity index (χ3n) is 9.81. The molecule has 4 rings (SSSR count). The van der Waals surface area contributed by atoms with Crippen molar-refractivity contribution in [2.75, 3.05) is 0 Å². The molecule has 4 aliphatic rings. The van der Waals surface area contributed by atoms with Crippen LogP contribution in [0.25, 0.3) is 0 Å². The fourth-order valence-corrected chi connectivity index (χ4v) is 8.22. The van der Waals surface area contributed by atoms with Crippen LogP contribution in [-0.4, -0.2) is 33.5 Å². The molecule has 4 heteroatoms. The maximum absolute atomic E-state index is 11.7. The summed E-state index contributed by atoms with van der Waals surface area (Å²) in [5.74, 6) is 1.16. The summed E-state index contributed by atoms with van der Waals surface area (Å²) in [5, 5.41) is 31.0. The average molecular weight is 365 g/mol. The summed E-state index contributed by atoms with van der Waals surface area (Å²) < 4.78 is 0. The van der Waals surface area contributed by atoms with Gasteiger partial charge < -0.3 is 15.3 Å². The second-order valence-corrected chi connectivity index (χ2v) is 10.5. The lowest BCUT2D eigenvalue weighted by Gasteiger charge is -2.62. The average Bonchev–Trinajstić information content (AvgIpc) is 2.94. The van der Waals surface area contributed by atoms with E-state index in [1.807, 2.05) is 6.92 Å². The van der Waals surface area contributed by atoms with Gasteiger partial charge >= 0.3 is 5.97 Å². The molecule has 0 aliphatic heterocycles. The van der Waals surface area contributed by atoms with Crippen LogP contribution in [-0.2, 0) is 4.79 Å². The molecule has 0 radical (unpaired) electrons. The van der Waals surface area contributed by atoms with Crippen molar-refractivity contribution in [1.82, 2.24) is 0 Å². The Balaban J connectivity index is 1.64. The first-order valence-electron chi connectivity index (χ1n) is 10.8. The first kappa shape index (κ1) is 18.7. The van der Waals surface area contributed by atoms with Crippen molar-refractivity contribution in [3.8, 4) is 0 Å². The molecule has 0 aromatic carbocycles. The van der Waals surface area contributed by atoms with Gasteiger partial charge in [-0.1, -0.05) is 20.8 Å². The molecule has 0 heterocycles. The predicted octanol–water partition coefficient (Wildman–Crippen LogP) is 3.70. The van der Waals surface area contributed by atoms with Crippen LogP contribution in [0.5, 0.6) is 0 Å². The highest BCUT2D eigenvalue weighted by Gasteiger charge is 2.64. The van der Waals surface area contributed by atoms with Crippen molar-refractivity contribution < 1.29 is 20.1 Å². The minimum Gasteiger partial charge on any atom is -0.481 e. The van der Waals surface area contributed by atoms with E-state index >= 15 is 0 Å². The summed E-state index contributed by atoms with van der Waals surface area (Å²) in [6, 6.07) is 0. The zero-order chi connectivity index (χ0) is 18.9. The molecule has 0 bridgehead atoms. The largest absolute Gasteiger partial charge is 0.481 e. The molecule has 0 aromatic heterocycles. The SMILES string of the molecule is C[C@H](C(=O)O)[C@@H]1CC[C@@H]2[C@@H]3CC[C@@H]4C[C@H](O)CC[C@]4(C)[C@@H]3C[C@H](O)[C@@]21C. The summed E-state index contributed by atoms with van der Waals surface area (Å²) in [4.78, 5) is 11.7. The van der Waals surface area contributed by atoms with Crippen LogP contribution in [0.15, 0.2) is 0 Å². The van der Waals surface area contributed by atoms with Gasteiger partial charge in [0.15, 0.2) is 0 Å². The first-order valence-corrected chi connectivity index (χ1v) is 10.8. The molecule has 4 nitrogen and oxygen atoms in total. The van der Waals surface area contributed by atoms with Gasteiger partial charge in [0.05, 0.1) is 18.1 Å². The summed E-state index contributed by atoms with van der Waals surface area (Å²) in [6.07, 6.45) is 7.57. The zero-order valence-electron chi connectivity index (χ0n) is 16.5. The van der Waals surface area contributed by atoms with Crippen LogP contribution in [0.4, 0.5) is 0 Å². The number of carboxylic acids is 1. The number of aliphatic hydroxyl groups is 2. The molecular formula is C22H36O4. The number of hydrogen-bond acceptors (Lipinski definition) is 3. The van der Waals surface area contributed by atoms with Gasteiger partial charge in [-0.05, 0) is 86.4 Å². The van der Waals surface area contributed by atoms with Gasteiger partial charge in [0.2, 0.25) is 0 Å². The number of carboxylic acid groups (broad SMARTS) is 1. The Kier molecular flexibility index (Phi) is 4.47. The molecule has 0 spiro atoms. The third kappa shape index (κ3) is 2.44. The number of carbonyl (C=O) groups is 1. The molecule has 4 saturated carbocycles. The van der Waals surface area contributed by atoms with E-state index in [1.54, 1.807) is 0 Å². The van der Waals surface area contributed by atoms with Crippen molar-refractivity contribution in [2.45, 2.75) is 84.3 Å². The van der Waals surface area contributed by atoms with E-state index in [4.69, 9.17) is 0 Å². The monoisotopic (exact) mass is 364 g/mol. The van der Waals surface area contributed by atoms with Crippen LogP contribution < -0.4 is 0 Å². The highest BCUT2D eigenvalue weighted by Crippen LogP contribution is 2.68. The van der Waals surface area contributed by atoms with Crippen molar-refractivity contribution in [2.24, 2.45) is 46.3 Å². The quantitative estimate of drug-likeness (QED) is 0.698. The fourth-order valence-electron chi connectivity index (χ4n) is 8.22. The maximum Gasteiger partial charge on any atom is 0.306 e. The Labute approximate surface area is 157 Å². The summed E-state index contributed by atoms with van der Waals surface area (Å²) in [5.41, 5.74) is -0.0166. The molecular weight excluding hydrogens is 328 g/mol. The van der Waals surface area contributed by atoms with Gasteiger partial charge in [0, 0.05) is 5.41 Å². The van der Waals surface area contributed by atoms with E-state index in [1.165, 1.54) is 12.8 Å². The molecule has 0 unspecified atom stereocenters. The molecule has 10 atom stereocenters. The van der Waals surface area contributed by atoms with E-state index in [0.717, 1.165) is 38.5 Å². The number of aliphatic carboxylic acids is 1. The Hall–Kier alpha value is -0.610. The van der Waals surface area contributed by atoms with Gasteiger partial charge in [0.1, 0.15) is 0 Å². The van der Waals surface area contributed by atoms with Crippen molar-refractivity contribution >= 4 is 5.97 Å². The second-order valence-electron chi connectivity index (χ2n) is 10.5. The van der Waals surface area contributed by atoms with E-state index < -0.39 is 12.1 Å². The molecule has 148 valence electrons. The van der Waals surface area contributed by atoms with Crippen molar-refractivity contribution in [3.05, 3.63) is 0 Å². The number of hydrogen-bond donors (Lipinski definition) is 3. The van der Waals surface area contributed by atoms with E-state index in [9.17, 15) is 20.1 Å². The van der Waals surface area contributed by atoms with Gasteiger partial charge in [0.25, 0.3) is 0 Å². The normalized spacial score (nSPS) is 54.7. The Bertz CT molecular complexity index is 576. The van der Waals surface area contributed by atoms with E-state index in [-0.39, 0.29) is 28.8 Å². The fraction of sp³-hybridized carbons (Fsp3) is 0.955. The number of fused-ring (bicyclic) bond motifs is 5. The number of rotatable bonds is 2. The molecule has 0 saturated heterocycles. The molecule has 4 fully saturated rings. The minimum absolute atomic E-state index is 0.0830.